The van der Waals surface area contributed by atoms with Crippen molar-refractivity contribution >= 4 is 11.8 Å². The first-order valence-electron chi connectivity index (χ1n) is 8.54. The second-order valence-corrected chi connectivity index (χ2v) is 6.34. The summed E-state index contributed by atoms with van der Waals surface area (Å²) in [4.78, 5) is 26.8. The third kappa shape index (κ3) is 6.05. The molecule has 2 amide bonds. The molecule has 0 fully saturated rings. The molecule has 1 rings (SSSR count). The van der Waals surface area contributed by atoms with Gasteiger partial charge in [-0.15, -0.1) is 0 Å². The number of nitrogens with one attached hydrogen (secondary N) is 1. The first kappa shape index (κ1) is 19.2. The lowest BCUT2D eigenvalue weighted by atomic mass is 10.1. The molecule has 0 radical (unpaired) electrons. The maximum Gasteiger partial charge on any atom is 0.243 e. The Balaban J connectivity index is 2.99. The van der Waals surface area contributed by atoms with Crippen molar-refractivity contribution in [2.24, 2.45) is 0 Å². The molecular weight excluding hydrogens is 288 g/mol. The van der Waals surface area contributed by atoms with Crippen molar-refractivity contribution in [3.8, 4) is 0 Å². The van der Waals surface area contributed by atoms with Gasteiger partial charge in [0.25, 0.3) is 0 Å². The molecule has 1 atom stereocenters. The summed E-state index contributed by atoms with van der Waals surface area (Å²) in [6.07, 6.45) is 1.86. The van der Waals surface area contributed by atoms with E-state index in [1.165, 1.54) is 5.56 Å². The van der Waals surface area contributed by atoms with Crippen LogP contribution in [0.15, 0.2) is 24.3 Å². The first-order valence-corrected chi connectivity index (χ1v) is 8.54. The van der Waals surface area contributed by atoms with Gasteiger partial charge in [-0.1, -0.05) is 43.7 Å². The Morgan fingerprint density at radius 1 is 1.13 bits per heavy atom. The molecular formula is C19H30N2O2. The van der Waals surface area contributed by atoms with Gasteiger partial charge in [0.2, 0.25) is 11.8 Å². The van der Waals surface area contributed by atoms with Crippen molar-refractivity contribution in [2.45, 2.75) is 72.5 Å². The van der Waals surface area contributed by atoms with Gasteiger partial charge < -0.3 is 10.2 Å². The normalized spacial score (nSPS) is 12.1. The van der Waals surface area contributed by atoms with E-state index >= 15 is 0 Å². The van der Waals surface area contributed by atoms with Gasteiger partial charge in [-0.3, -0.25) is 9.59 Å². The third-order valence-corrected chi connectivity index (χ3v) is 3.75. The highest BCUT2D eigenvalue weighted by Crippen LogP contribution is 2.15. The summed E-state index contributed by atoms with van der Waals surface area (Å²) in [6.45, 7) is 10.3. The van der Waals surface area contributed by atoms with Crippen LogP contribution in [-0.4, -0.2) is 28.8 Å². The van der Waals surface area contributed by atoms with Gasteiger partial charge >= 0.3 is 0 Å². The van der Waals surface area contributed by atoms with Gasteiger partial charge in [0.05, 0.1) is 0 Å². The van der Waals surface area contributed by atoms with E-state index in [1.54, 1.807) is 4.90 Å². The molecule has 0 aliphatic carbocycles. The second-order valence-electron chi connectivity index (χ2n) is 6.34. The highest BCUT2D eigenvalue weighted by atomic mass is 16.2. The van der Waals surface area contributed by atoms with E-state index < -0.39 is 6.04 Å². The van der Waals surface area contributed by atoms with Crippen LogP contribution in [-0.2, 0) is 16.1 Å². The molecule has 0 aliphatic rings. The number of nitrogens with zero attached hydrogens (tertiary/aromatic N) is 1. The number of aryl methyl sites for hydroxylation is 1. The van der Waals surface area contributed by atoms with Crippen LogP contribution in [0.25, 0.3) is 0 Å². The Labute approximate surface area is 140 Å². The zero-order valence-corrected chi connectivity index (χ0v) is 15.1. The standard InChI is InChI=1S/C19H30N2O2/c1-6-8-18(22)21(13-16-11-9-15(5)10-12-16)17(7-2)19(23)20-14(3)4/h9-12,14,17H,6-8,13H2,1-5H3,(H,20,23)/t17-/m1/s1. The predicted molar refractivity (Wildman–Crippen MR) is 94.0 cm³/mol. The van der Waals surface area contributed by atoms with E-state index in [1.807, 2.05) is 58.9 Å². The van der Waals surface area contributed by atoms with Crippen LogP contribution in [0.1, 0.15) is 58.1 Å². The fourth-order valence-electron chi connectivity index (χ4n) is 2.55. The van der Waals surface area contributed by atoms with Crippen molar-refractivity contribution in [2.75, 3.05) is 0 Å². The first-order chi connectivity index (χ1) is 10.9. The van der Waals surface area contributed by atoms with E-state index in [9.17, 15) is 9.59 Å². The fourth-order valence-corrected chi connectivity index (χ4v) is 2.55. The Morgan fingerprint density at radius 2 is 1.74 bits per heavy atom. The van der Waals surface area contributed by atoms with Crippen molar-refractivity contribution < 1.29 is 9.59 Å². The highest BCUT2D eigenvalue weighted by molar-refractivity contribution is 5.87. The summed E-state index contributed by atoms with van der Waals surface area (Å²) in [5, 5.41) is 2.93. The molecule has 0 saturated carbocycles. The van der Waals surface area contributed by atoms with E-state index in [2.05, 4.69) is 5.32 Å². The topological polar surface area (TPSA) is 49.4 Å². The summed E-state index contributed by atoms with van der Waals surface area (Å²) in [5.41, 5.74) is 2.24. The lowest BCUT2D eigenvalue weighted by Gasteiger charge is -2.31. The predicted octanol–water partition coefficient (Wildman–Crippen LogP) is 3.43. The maximum absolute atomic E-state index is 12.6. The molecule has 4 heteroatoms. The van der Waals surface area contributed by atoms with Crippen molar-refractivity contribution in [3.63, 3.8) is 0 Å². The van der Waals surface area contributed by atoms with E-state index in [-0.39, 0.29) is 17.9 Å². The number of rotatable bonds is 8. The minimum absolute atomic E-state index is 0.0406. The SMILES string of the molecule is CCCC(=O)N(Cc1ccc(C)cc1)[C@H](CC)C(=O)NC(C)C. The molecule has 128 valence electrons. The van der Waals surface area contributed by atoms with Gasteiger partial charge in [0.1, 0.15) is 6.04 Å². The van der Waals surface area contributed by atoms with Gasteiger partial charge in [-0.2, -0.15) is 0 Å². The maximum atomic E-state index is 12.6. The molecule has 1 N–H and O–H groups in total. The van der Waals surface area contributed by atoms with E-state index in [4.69, 9.17) is 0 Å². The Bertz CT molecular complexity index is 509. The number of benzene rings is 1. The van der Waals surface area contributed by atoms with Gasteiger partial charge in [-0.05, 0) is 39.2 Å². The number of hydrogen-bond acceptors (Lipinski definition) is 2. The number of hydrogen-bond donors (Lipinski definition) is 1. The van der Waals surface area contributed by atoms with Crippen molar-refractivity contribution in [1.29, 1.82) is 0 Å². The Kier molecular flexibility index (Phi) is 7.79. The zero-order valence-electron chi connectivity index (χ0n) is 15.1. The smallest absolute Gasteiger partial charge is 0.243 e. The summed E-state index contributed by atoms with van der Waals surface area (Å²) in [5.74, 6) is -0.0297. The van der Waals surface area contributed by atoms with Crippen molar-refractivity contribution in [1.82, 2.24) is 10.2 Å². The van der Waals surface area contributed by atoms with Crippen LogP contribution in [0, 0.1) is 6.92 Å². The average Bonchev–Trinajstić information content (AvgIpc) is 2.48. The zero-order chi connectivity index (χ0) is 17.4. The molecule has 0 heterocycles. The number of carbonyl (C=O) groups is 2. The molecule has 1 aromatic carbocycles. The van der Waals surface area contributed by atoms with Crippen LogP contribution in [0.3, 0.4) is 0 Å². The number of carbonyl (C=O) groups excluding carboxylic acids is 2. The van der Waals surface area contributed by atoms with Crippen LogP contribution in [0.2, 0.25) is 0 Å². The molecule has 0 aromatic heterocycles. The Morgan fingerprint density at radius 3 is 2.22 bits per heavy atom. The van der Waals surface area contributed by atoms with Crippen LogP contribution in [0.4, 0.5) is 0 Å². The second kappa shape index (κ2) is 9.33. The Hall–Kier alpha value is -1.84. The third-order valence-electron chi connectivity index (χ3n) is 3.75. The molecule has 0 saturated heterocycles. The van der Waals surface area contributed by atoms with Crippen LogP contribution in [0.5, 0.6) is 0 Å². The summed E-state index contributed by atoms with van der Waals surface area (Å²) < 4.78 is 0. The van der Waals surface area contributed by atoms with E-state index in [0.29, 0.717) is 19.4 Å². The van der Waals surface area contributed by atoms with Gasteiger partial charge in [0.15, 0.2) is 0 Å². The summed E-state index contributed by atoms with van der Waals surface area (Å²) in [6, 6.07) is 7.76. The quantitative estimate of drug-likeness (QED) is 0.798. The molecule has 4 nitrogen and oxygen atoms in total. The lowest BCUT2D eigenvalue weighted by Crippen LogP contribution is -2.50. The molecule has 23 heavy (non-hydrogen) atoms. The molecule has 1 aromatic rings. The molecule has 0 bridgehead atoms. The highest BCUT2D eigenvalue weighted by Gasteiger charge is 2.28. The largest absolute Gasteiger partial charge is 0.352 e. The minimum Gasteiger partial charge on any atom is -0.352 e. The van der Waals surface area contributed by atoms with Gasteiger partial charge in [-0.25, -0.2) is 0 Å². The monoisotopic (exact) mass is 318 g/mol. The summed E-state index contributed by atoms with van der Waals surface area (Å²) in [7, 11) is 0. The minimum atomic E-state index is -0.419. The summed E-state index contributed by atoms with van der Waals surface area (Å²) >= 11 is 0. The fraction of sp³-hybridized carbons (Fsp3) is 0.579. The number of amides is 2. The molecule has 0 aliphatic heterocycles. The van der Waals surface area contributed by atoms with Gasteiger partial charge in [0, 0.05) is 19.0 Å². The molecule has 0 unspecified atom stereocenters. The van der Waals surface area contributed by atoms with E-state index in [0.717, 1.165) is 12.0 Å². The molecule has 0 spiro atoms. The average molecular weight is 318 g/mol. The van der Waals surface area contributed by atoms with Crippen LogP contribution < -0.4 is 5.32 Å². The van der Waals surface area contributed by atoms with Crippen molar-refractivity contribution in [3.05, 3.63) is 35.4 Å². The lowest BCUT2D eigenvalue weighted by molar-refractivity contribution is -0.141. The van der Waals surface area contributed by atoms with Crippen LogP contribution >= 0.6 is 0 Å².